The van der Waals surface area contributed by atoms with Gasteiger partial charge >= 0.3 is 0 Å². The molecule has 0 bridgehead atoms. The van der Waals surface area contributed by atoms with Gasteiger partial charge in [0, 0.05) is 28.9 Å². The first-order chi connectivity index (χ1) is 8.66. The van der Waals surface area contributed by atoms with E-state index in [1.807, 2.05) is 36.7 Å². The first-order valence-corrected chi connectivity index (χ1v) is 5.69. The van der Waals surface area contributed by atoms with Crippen LogP contribution in [0.4, 0.5) is 5.69 Å². The van der Waals surface area contributed by atoms with Gasteiger partial charge in [0.05, 0.1) is 5.69 Å². The highest BCUT2D eigenvalue weighted by atomic mass is 15.3. The van der Waals surface area contributed by atoms with E-state index in [-0.39, 0.29) is 0 Å². The molecule has 0 spiro atoms. The minimum atomic E-state index is 0.741. The molecule has 5 nitrogen and oxygen atoms in total. The van der Waals surface area contributed by atoms with Gasteiger partial charge in [0.2, 0.25) is 0 Å². The number of nitrogens with two attached hydrogens (primary N) is 1. The summed E-state index contributed by atoms with van der Waals surface area (Å²) in [6.07, 6.45) is 3.54. The Hall–Kier alpha value is -2.43. The number of pyridine rings is 1. The molecule has 3 rings (SSSR count). The van der Waals surface area contributed by atoms with Crippen molar-refractivity contribution >= 4 is 16.5 Å². The van der Waals surface area contributed by atoms with E-state index in [0.717, 1.165) is 33.8 Å². The van der Waals surface area contributed by atoms with Crippen LogP contribution in [0.1, 0.15) is 11.6 Å². The zero-order valence-electron chi connectivity index (χ0n) is 10.3. The van der Waals surface area contributed by atoms with Crippen LogP contribution in [0.2, 0.25) is 0 Å². The maximum absolute atomic E-state index is 5.97. The molecule has 0 saturated carbocycles. The van der Waals surface area contributed by atoms with Crippen LogP contribution < -0.4 is 5.73 Å². The highest BCUT2D eigenvalue weighted by Gasteiger charge is 2.10. The van der Waals surface area contributed by atoms with Crippen LogP contribution in [0, 0.1) is 13.8 Å². The average Bonchev–Trinajstić information content (AvgIpc) is 2.69. The van der Waals surface area contributed by atoms with Crippen molar-refractivity contribution in [3.05, 3.63) is 42.2 Å². The quantitative estimate of drug-likeness (QED) is 0.659. The van der Waals surface area contributed by atoms with E-state index in [0.29, 0.717) is 0 Å². The van der Waals surface area contributed by atoms with E-state index in [1.54, 1.807) is 12.4 Å². The van der Waals surface area contributed by atoms with E-state index >= 15 is 0 Å². The molecule has 2 N–H and O–H groups in total. The van der Waals surface area contributed by atoms with Crippen molar-refractivity contribution in [2.75, 3.05) is 5.73 Å². The van der Waals surface area contributed by atoms with E-state index in [9.17, 15) is 0 Å². The predicted octanol–water partition coefficient (Wildman–Crippen LogP) is 2.01. The summed E-state index contributed by atoms with van der Waals surface area (Å²) in [6, 6.07) is 5.74. The van der Waals surface area contributed by atoms with Gasteiger partial charge in [0.15, 0.2) is 0 Å². The van der Waals surface area contributed by atoms with Crippen LogP contribution in [0.25, 0.3) is 16.5 Å². The lowest BCUT2D eigenvalue weighted by Crippen LogP contribution is -2.01. The Morgan fingerprint density at radius 1 is 1.11 bits per heavy atom. The van der Waals surface area contributed by atoms with Crippen molar-refractivity contribution in [3.63, 3.8) is 0 Å². The molecule has 0 radical (unpaired) electrons. The molecule has 5 heteroatoms. The van der Waals surface area contributed by atoms with Gasteiger partial charge in [0.1, 0.15) is 11.6 Å². The Morgan fingerprint density at radius 3 is 2.67 bits per heavy atom. The number of hydrogen-bond donors (Lipinski definition) is 1. The van der Waals surface area contributed by atoms with Crippen molar-refractivity contribution in [1.29, 1.82) is 0 Å². The number of hydrogen-bond acceptors (Lipinski definition) is 4. The molecule has 0 amide bonds. The van der Waals surface area contributed by atoms with Gasteiger partial charge < -0.3 is 5.73 Å². The summed E-state index contributed by atoms with van der Waals surface area (Å²) >= 11 is 0. The second kappa shape index (κ2) is 3.80. The normalized spacial score (nSPS) is 11.0. The standard InChI is InChI=1S/C13H13N5/c1-8-16-9(2)18(17-8)13-4-3-12(14)10-5-6-15-7-11(10)13/h3-7H,14H2,1-2H3. The molecular formula is C13H13N5. The lowest BCUT2D eigenvalue weighted by molar-refractivity contribution is 0.837. The number of benzene rings is 1. The Balaban J connectivity index is 2.37. The maximum Gasteiger partial charge on any atom is 0.148 e. The minimum Gasteiger partial charge on any atom is -0.398 e. The summed E-state index contributed by atoms with van der Waals surface area (Å²) in [7, 11) is 0. The molecule has 0 aliphatic rings. The number of anilines is 1. The van der Waals surface area contributed by atoms with Crippen LogP contribution in [0.5, 0.6) is 0 Å². The average molecular weight is 239 g/mol. The third-order valence-electron chi connectivity index (χ3n) is 2.93. The van der Waals surface area contributed by atoms with Gasteiger partial charge in [-0.3, -0.25) is 4.98 Å². The number of rotatable bonds is 1. The molecule has 2 heterocycles. The van der Waals surface area contributed by atoms with E-state index in [4.69, 9.17) is 5.73 Å². The number of fused-ring (bicyclic) bond motifs is 1. The van der Waals surface area contributed by atoms with Crippen molar-refractivity contribution < 1.29 is 0 Å². The first-order valence-electron chi connectivity index (χ1n) is 5.69. The Kier molecular flexibility index (Phi) is 2.26. The van der Waals surface area contributed by atoms with Crippen LogP contribution in [-0.4, -0.2) is 19.7 Å². The lowest BCUT2D eigenvalue weighted by Gasteiger charge is -2.09. The molecule has 0 unspecified atom stereocenters. The van der Waals surface area contributed by atoms with Gasteiger partial charge in [-0.05, 0) is 32.0 Å². The van der Waals surface area contributed by atoms with Crippen molar-refractivity contribution in [2.45, 2.75) is 13.8 Å². The molecular weight excluding hydrogens is 226 g/mol. The molecule has 0 atom stereocenters. The van der Waals surface area contributed by atoms with Gasteiger partial charge in [-0.1, -0.05) is 0 Å². The zero-order valence-corrected chi connectivity index (χ0v) is 10.3. The number of nitrogen functional groups attached to an aromatic ring is 1. The third-order valence-corrected chi connectivity index (χ3v) is 2.93. The van der Waals surface area contributed by atoms with Crippen LogP contribution in [0.15, 0.2) is 30.6 Å². The van der Waals surface area contributed by atoms with E-state index < -0.39 is 0 Å². The lowest BCUT2D eigenvalue weighted by atomic mass is 10.1. The molecule has 90 valence electrons. The van der Waals surface area contributed by atoms with Crippen molar-refractivity contribution in [1.82, 2.24) is 19.7 Å². The molecule has 0 saturated heterocycles. The largest absolute Gasteiger partial charge is 0.398 e. The van der Waals surface area contributed by atoms with Crippen LogP contribution in [0.3, 0.4) is 0 Å². The van der Waals surface area contributed by atoms with Gasteiger partial charge in [-0.15, -0.1) is 0 Å². The molecule has 18 heavy (non-hydrogen) atoms. The summed E-state index contributed by atoms with van der Waals surface area (Å²) in [5.74, 6) is 1.60. The minimum absolute atomic E-state index is 0.741. The smallest absolute Gasteiger partial charge is 0.148 e. The fraction of sp³-hybridized carbons (Fsp3) is 0.154. The molecule has 1 aromatic carbocycles. The topological polar surface area (TPSA) is 69.6 Å². The molecule has 3 aromatic rings. The summed E-state index contributed by atoms with van der Waals surface area (Å²) < 4.78 is 1.82. The first kappa shape index (κ1) is 10.7. The van der Waals surface area contributed by atoms with Crippen LogP contribution in [-0.2, 0) is 0 Å². The Bertz CT molecular complexity index is 729. The SMILES string of the molecule is Cc1nc(C)n(-c2ccc(N)c3ccncc23)n1. The Morgan fingerprint density at radius 2 is 1.94 bits per heavy atom. The number of nitrogens with zero attached hydrogens (tertiary/aromatic N) is 4. The molecule has 0 aliphatic heterocycles. The summed E-state index contributed by atoms with van der Waals surface area (Å²) in [5, 5.41) is 6.36. The molecule has 2 aromatic heterocycles. The second-order valence-electron chi connectivity index (χ2n) is 4.21. The summed E-state index contributed by atoms with van der Waals surface area (Å²) in [4.78, 5) is 8.48. The van der Waals surface area contributed by atoms with E-state index in [1.165, 1.54) is 0 Å². The van der Waals surface area contributed by atoms with Crippen molar-refractivity contribution in [3.8, 4) is 5.69 Å². The monoisotopic (exact) mass is 239 g/mol. The second-order valence-corrected chi connectivity index (χ2v) is 4.21. The van der Waals surface area contributed by atoms with Crippen molar-refractivity contribution in [2.24, 2.45) is 0 Å². The maximum atomic E-state index is 5.97. The van der Waals surface area contributed by atoms with Gasteiger partial charge in [0.25, 0.3) is 0 Å². The highest BCUT2D eigenvalue weighted by molar-refractivity contribution is 5.97. The Labute approximate surface area is 104 Å². The molecule has 0 fully saturated rings. The highest BCUT2D eigenvalue weighted by Crippen LogP contribution is 2.26. The number of aromatic nitrogens is 4. The third kappa shape index (κ3) is 1.52. The van der Waals surface area contributed by atoms with E-state index in [2.05, 4.69) is 15.1 Å². The number of aryl methyl sites for hydroxylation is 2. The van der Waals surface area contributed by atoms with Gasteiger partial charge in [-0.2, -0.15) is 5.10 Å². The fourth-order valence-corrected chi connectivity index (χ4v) is 2.13. The summed E-state index contributed by atoms with van der Waals surface area (Å²) in [5.41, 5.74) is 7.66. The van der Waals surface area contributed by atoms with Gasteiger partial charge in [-0.25, -0.2) is 9.67 Å². The fourth-order valence-electron chi connectivity index (χ4n) is 2.13. The zero-order chi connectivity index (χ0) is 12.7. The molecule has 0 aliphatic carbocycles. The summed E-state index contributed by atoms with van der Waals surface area (Å²) in [6.45, 7) is 3.81. The predicted molar refractivity (Wildman–Crippen MR) is 70.5 cm³/mol. The van der Waals surface area contributed by atoms with Crippen LogP contribution >= 0.6 is 0 Å².